The summed E-state index contributed by atoms with van der Waals surface area (Å²) in [5, 5.41) is 1.48. The van der Waals surface area contributed by atoms with Gasteiger partial charge in [-0.2, -0.15) is 0 Å². The normalized spacial score (nSPS) is 16.8. The first-order chi connectivity index (χ1) is 16.9. The maximum Gasteiger partial charge on any atom is 0.298 e. The average molecular weight is 504 g/mol. The molecule has 1 aliphatic rings. The van der Waals surface area contributed by atoms with E-state index in [1.807, 2.05) is 0 Å². The van der Waals surface area contributed by atoms with Crippen LogP contribution >= 0.6 is 11.8 Å². The molecule has 0 aromatic heterocycles. The molecule has 8 nitrogen and oxygen atoms in total. The number of thioether (sulfide) groups is 1. The van der Waals surface area contributed by atoms with Gasteiger partial charge in [-0.1, -0.05) is 49.0 Å². The summed E-state index contributed by atoms with van der Waals surface area (Å²) in [6, 6.07) is 13.3. The number of methoxy groups -OCH3 is 1. The molecule has 2 atom stereocenters. The van der Waals surface area contributed by atoms with E-state index in [1.54, 1.807) is 49.4 Å². The summed E-state index contributed by atoms with van der Waals surface area (Å²) in [4.78, 5) is 33.9. The molecule has 2 aromatic rings. The minimum absolute atomic E-state index is 0.00263. The van der Waals surface area contributed by atoms with Crippen molar-refractivity contribution in [1.29, 1.82) is 0 Å². The van der Waals surface area contributed by atoms with Crippen molar-refractivity contribution in [2.45, 2.75) is 31.1 Å². The molecular formula is C25H26FNO7S. The maximum atomic E-state index is 14.5. The molecule has 0 aliphatic carbocycles. The van der Waals surface area contributed by atoms with Gasteiger partial charge in [0, 0.05) is 12.0 Å². The zero-order valence-corrected chi connectivity index (χ0v) is 20.1. The largest absolute Gasteiger partial charge is 0.495 e. The van der Waals surface area contributed by atoms with E-state index in [0.717, 1.165) is 17.3 Å². The van der Waals surface area contributed by atoms with E-state index in [2.05, 4.69) is 5.32 Å². The van der Waals surface area contributed by atoms with E-state index < -0.39 is 17.2 Å². The Kier molecular flexibility index (Phi) is 9.68. The smallest absolute Gasteiger partial charge is 0.298 e. The third-order valence-electron chi connectivity index (χ3n) is 5.25. The molecule has 1 aliphatic heterocycles. The van der Waals surface area contributed by atoms with Crippen LogP contribution in [0.2, 0.25) is 0 Å². The van der Waals surface area contributed by atoms with Crippen LogP contribution in [0.1, 0.15) is 30.6 Å². The summed E-state index contributed by atoms with van der Waals surface area (Å²) >= 11 is 0.977. The van der Waals surface area contributed by atoms with Gasteiger partial charge in [0.1, 0.15) is 36.6 Å². The van der Waals surface area contributed by atoms with Crippen molar-refractivity contribution >= 4 is 29.4 Å². The Labute approximate surface area is 206 Å². The van der Waals surface area contributed by atoms with Gasteiger partial charge < -0.3 is 18.9 Å². The van der Waals surface area contributed by atoms with E-state index in [9.17, 15) is 18.8 Å². The minimum Gasteiger partial charge on any atom is -0.495 e. The first kappa shape index (κ1) is 26.2. The molecule has 1 N–H and O–H groups in total. The Morgan fingerprint density at radius 3 is 2.49 bits per heavy atom. The van der Waals surface area contributed by atoms with Crippen molar-refractivity contribution in [3.8, 4) is 5.75 Å². The lowest BCUT2D eigenvalue weighted by molar-refractivity contribution is -0.125. The molecule has 2 amide bonds. The molecule has 0 spiro atoms. The van der Waals surface area contributed by atoms with Crippen molar-refractivity contribution in [3.05, 3.63) is 77.0 Å². The van der Waals surface area contributed by atoms with Crippen molar-refractivity contribution in [2.24, 2.45) is 0 Å². The summed E-state index contributed by atoms with van der Waals surface area (Å²) in [6.07, 6.45) is 0.0475. The molecule has 3 rings (SSSR count). The Bertz CT molecular complexity index is 1070. The summed E-state index contributed by atoms with van der Waals surface area (Å²) in [7, 11) is 1.43. The highest BCUT2D eigenvalue weighted by Crippen LogP contribution is 2.26. The number of amides is 2. The lowest BCUT2D eigenvalue weighted by Gasteiger charge is -2.21. The zero-order valence-electron chi connectivity index (χ0n) is 19.3. The molecule has 1 saturated heterocycles. The number of benzene rings is 2. The minimum atomic E-state index is -0.778. The van der Waals surface area contributed by atoms with Crippen LogP contribution in [-0.4, -0.2) is 43.2 Å². The molecule has 0 saturated carbocycles. The zero-order chi connectivity index (χ0) is 25.2. The molecule has 2 unspecified atom stereocenters. The fourth-order valence-corrected chi connectivity index (χ4v) is 4.29. The van der Waals surface area contributed by atoms with Crippen molar-refractivity contribution in [1.82, 2.24) is 5.32 Å². The quantitative estimate of drug-likeness (QED) is 0.319. The van der Waals surface area contributed by atoms with Crippen LogP contribution in [-0.2, 0) is 30.2 Å². The van der Waals surface area contributed by atoms with E-state index in [4.69, 9.17) is 18.9 Å². The van der Waals surface area contributed by atoms with Crippen LogP contribution in [0.3, 0.4) is 0 Å². The van der Waals surface area contributed by atoms with E-state index in [0.29, 0.717) is 42.1 Å². The third-order valence-corrected chi connectivity index (χ3v) is 6.23. The fourth-order valence-electron chi connectivity index (χ4n) is 3.43. The van der Waals surface area contributed by atoms with Crippen LogP contribution in [0.5, 0.6) is 5.75 Å². The Morgan fingerprint density at radius 2 is 1.89 bits per heavy atom. The molecule has 1 heterocycles. The van der Waals surface area contributed by atoms with E-state index >= 15 is 0 Å². The average Bonchev–Trinajstić information content (AvgIpc) is 3.18. The number of ether oxygens (including phenoxy) is 4. The molecule has 0 radical (unpaired) electrons. The van der Waals surface area contributed by atoms with Crippen molar-refractivity contribution < 1.29 is 37.7 Å². The van der Waals surface area contributed by atoms with Gasteiger partial charge in [-0.15, -0.1) is 0 Å². The molecule has 0 bridgehead atoms. The van der Waals surface area contributed by atoms with Gasteiger partial charge in [0.05, 0.1) is 12.4 Å². The molecule has 10 heteroatoms. The van der Waals surface area contributed by atoms with Crippen LogP contribution in [0.25, 0.3) is 0 Å². The molecule has 186 valence electrons. The highest BCUT2D eigenvalue weighted by atomic mass is 32.2. The highest BCUT2D eigenvalue weighted by Gasteiger charge is 2.31. The standard InChI is InChI=1S/C25H26FNO7S/c1-3-20(34-15-28)22(31-2)14-33-21(18-6-4-5-7-19(18)26)13-32-17-10-8-16(9-11-17)12-23-24(29)27-25(30)35-23/h4-11,15,21,23H,3,12-14H2,1-2H3,(H,27,29,30)/b22-20-. The van der Waals surface area contributed by atoms with Gasteiger partial charge in [0.25, 0.3) is 11.7 Å². The van der Waals surface area contributed by atoms with Crippen molar-refractivity contribution in [3.63, 3.8) is 0 Å². The van der Waals surface area contributed by atoms with Crippen molar-refractivity contribution in [2.75, 3.05) is 20.3 Å². The van der Waals surface area contributed by atoms with Crippen LogP contribution in [0.15, 0.2) is 60.0 Å². The van der Waals surface area contributed by atoms with Gasteiger partial charge in [-0.3, -0.25) is 19.7 Å². The predicted molar refractivity (Wildman–Crippen MR) is 127 cm³/mol. The Hall–Kier alpha value is -3.37. The molecule has 35 heavy (non-hydrogen) atoms. The monoisotopic (exact) mass is 503 g/mol. The summed E-state index contributed by atoms with van der Waals surface area (Å²) in [5.41, 5.74) is 1.18. The molecule has 2 aromatic carbocycles. The number of carbonyl (C=O) groups is 3. The summed E-state index contributed by atoms with van der Waals surface area (Å²) < 4.78 is 36.6. The van der Waals surface area contributed by atoms with Crippen LogP contribution < -0.4 is 10.1 Å². The van der Waals surface area contributed by atoms with E-state index in [-0.39, 0.29) is 24.4 Å². The number of carbonyl (C=O) groups excluding carboxylic acids is 3. The first-order valence-electron chi connectivity index (χ1n) is 10.9. The predicted octanol–water partition coefficient (Wildman–Crippen LogP) is 4.30. The number of hydrogen-bond acceptors (Lipinski definition) is 8. The molecule has 1 fully saturated rings. The van der Waals surface area contributed by atoms with E-state index in [1.165, 1.54) is 13.2 Å². The second-order valence-electron chi connectivity index (χ2n) is 7.48. The topological polar surface area (TPSA) is 100 Å². The van der Waals surface area contributed by atoms with Crippen LogP contribution in [0.4, 0.5) is 9.18 Å². The lowest BCUT2D eigenvalue weighted by Crippen LogP contribution is -2.25. The summed E-state index contributed by atoms with van der Waals surface area (Å²) in [6.45, 7) is 2.06. The van der Waals surface area contributed by atoms with Gasteiger partial charge in [-0.05, 0) is 30.2 Å². The molecular weight excluding hydrogens is 477 g/mol. The second kappa shape index (κ2) is 12.9. The van der Waals surface area contributed by atoms with Gasteiger partial charge in [0.15, 0.2) is 5.76 Å². The number of nitrogens with one attached hydrogen (secondary N) is 1. The lowest BCUT2D eigenvalue weighted by atomic mass is 10.1. The first-order valence-corrected chi connectivity index (χ1v) is 11.8. The second-order valence-corrected chi connectivity index (χ2v) is 8.66. The fraction of sp³-hybridized carbons (Fsp3) is 0.320. The van der Waals surface area contributed by atoms with Gasteiger partial charge >= 0.3 is 0 Å². The number of allylic oxidation sites excluding steroid dienone is 1. The SMILES string of the molecule is CC/C(OC=O)=C(\COC(COc1ccc(CC2SC(=O)NC2=O)cc1)c1ccccc1F)OC. The summed E-state index contributed by atoms with van der Waals surface area (Å²) in [5.74, 6) is 0.430. The van der Waals surface area contributed by atoms with Crippen LogP contribution in [0, 0.1) is 5.82 Å². The number of rotatable bonds is 13. The Morgan fingerprint density at radius 1 is 1.14 bits per heavy atom. The number of halogens is 1. The highest BCUT2D eigenvalue weighted by molar-refractivity contribution is 8.15. The number of imide groups is 1. The Balaban J connectivity index is 1.68. The third kappa shape index (κ3) is 7.30. The maximum absolute atomic E-state index is 14.5. The van der Waals surface area contributed by atoms with Gasteiger partial charge in [-0.25, -0.2) is 4.39 Å². The van der Waals surface area contributed by atoms with Gasteiger partial charge in [0.2, 0.25) is 5.91 Å². The number of hydrogen-bond donors (Lipinski definition) is 1.